The van der Waals surface area contributed by atoms with Gasteiger partial charge < -0.3 is 15.4 Å². The molecule has 0 unspecified atom stereocenters. The monoisotopic (exact) mass is 409 g/mol. The molecule has 1 aromatic carbocycles. The lowest BCUT2D eigenvalue weighted by Crippen LogP contribution is -2.44. The first-order chi connectivity index (χ1) is 13.3. The number of carbonyl (C=O) groups excluding carboxylic acids is 4. The SMILES string of the molecule is CCCC[C@@]1(C)NC(=O)N(CC(=O)OCC(=O)NCc2ccccc2Cl)C1=O. The Morgan fingerprint density at radius 3 is 2.68 bits per heavy atom. The van der Waals surface area contributed by atoms with Crippen molar-refractivity contribution in [2.45, 2.75) is 45.2 Å². The molecular formula is C19H24ClN3O5. The molecule has 0 saturated carbocycles. The average Bonchev–Trinajstić information content (AvgIpc) is 2.87. The second kappa shape index (κ2) is 9.54. The predicted molar refractivity (Wildman–Crippen MR) is 102 cm³/mol. The lowest BCUT2D eigenvalue weighted by Gasteiger charge is -2.21. The van der Waals surface area contributed by atoms with Crippen molar-refractivity contribution in [3.63, 3.8) is 0 Å². The largest absolute Gasteiger partial charge is 0.454 e. The maximum absolute atomic E-state index is 12.5. The number of hydrogen-bond donors (Lipinski definition) is 2. The van der Waals surface area contributed by atoms with Gasteiger partial charge in [0.1, 0.15) is 12.1 Å². The van der Waals surface area contributed by atoms with E-state index in [9.17, 15) is 19.2 Å². The highest BCUT2D eigenvalue weighted by molar-refractivity contribution is 6.31. The number of amides is 4. The standard InChI is InChI=1S/C19H24ClN3O5/c1-3-4-9-19(2)17(26)23(18(27)22-19)11-16(25)28-12-15(24)21-10-13-7-5-6-8-14(13)20/h5-8H,3-4,9-12H2,1-2H3,(H,21,24)(H,22,27)/t19-/m1/s1. The Morgan fingerprint density at radius 1 is 1.29 bits per heavy atom. The highest BCUT2D eigenvalue weighted by Gasteiger charge is 2.47. The molecule has 0 radical (unpaired) electrons. The highest BCUT2D eigenvalue weighted by atomic mass is 35.5. The van der Waals surface area contributed by atoms with Gasteiger partial charge in [0.25, 0.3) is 11.8 Å². The number of rotatable bonds is 9. The molecule has 0 spiro atoms. The maximum atomic E-state index is 12.5. The Labute approximate surface area is 168 Å². The smallest absolute Gasteiger partial charge is 0.326 e. The summed E-state index contributed by atoms with van der Waals surface area (Å²) in [4.78, 5) is 49.1. The Balaban J connectivity index is 1.79. The zero-order chi connectivity index (χ0) is 20.7. The van der Waals surface area contributed by atoms with Gasteiger partial charge >= 0.3 is 12.0 Å². The number of imide groups is 1. The van der Waals surface area contributed by atoms with Gasteiger partial charge in [-0.05, 0) is 25.0 Å². The Kier molecular flexibility index (Phi) is 7.39. The number of halogens is 1. The van der Waals surface area contributed by atoms with E-state index in [1.807, 2.05) is 6.92 Å². The number of nitrogens with one attached hydrogen (secondary N) is 2. The van der Waals surface area contributed by atoms with Gasteiger partial charge in [-0.3, -0.25) is 19.3 Å². The minimum atomic E-state index is -1.01. The molecule has 0 aromatic heterocycles. The van der Waals surface area contributed by atoms with E-state index in [-0.39, 0.29) is 6.54 Å². The molecule has 1 aromatic rings. The molecule has 1 aliphatic rings. The van der Waals surface area contributed by atoms with Crippen molar-refractivity contribution in [1.82, 2.24) is 15.5 Å². The number of nitrogens with zero attached hydrogens (tertiary/aromatic N) is 1. The Hall–Kier alpha value is -2.61. The van der Waals surface area contributed by atoms with Crippen LogP contribution < -0.4 is 10.6 Å². The fourth-order valence-corrected chi connectivity index (χ4v) is 3.00. The summed E-state index contributed by atoms with van der Waals surface area (Å²) in [5.74, 6) is -1.82. The van der Waals surface area contributed by atoms with Crippen molar-refractivity contribution in [3.05, 3.63) is 34.9 Å². The van der Waals surface area contributed by atoms with Crippen LogP contribution in [0.3, 0.4) is 0 Å². The molecule has 2 rings (SSSR count). The van der Waals surface area contributed by atoms with Crippen molar-refractivity contribution < 1.29 is 23.9 Å². The molecule has 4 amide bonds. The van der Waals surface area contributed by atoms with E-state index in [2.05, 4.69) is 10.6 Å². The second-order valence-corrected chi connectivity index (χ2v) is 7.19. The summed E-state index contributed by atoms with van der Waals surface area (Å²) in [6.45, 7) is 2.76. The van der Waals surface area contributed by atoms with E-state index in [4.69, 9.17) is 16.3 Å². The van der Waals surface area contributed by atoms with Crippen LogP contribution in [-0.4, -0.2) is 47.4 Å². The highest BCUT2D eigenvalue weighted by Crippen LogP contribution is 2.23. The van der Waals surface area contributed by atoms with Crippen molar-refractivity contribution in [2.75, 3.05) is 13.2 Å². The molecule has 1 aliphatic heterocycles. The van der Waals surface area contributed by atoms with Crippen molar-refractivity contribution in [2.24, 2.45) is 0 Å². The minimum absolute atomic E-state index is 0.193. The fraction of sp³-hybridized carbons (Fsp3) is 0.474. The summed E-state index contributed by atoms with van der Waals surface area (Å²) in [7, 11) is 0. The molecule has 9 heteroatoms. The number of ether oxygens (including phenoxy) is 1. The molecule has 0 aliphatic carbocycles. The number of carbonyl (C=O) groups is 4. The summed E-state index contributed by atoms with van der Waals surface area (Å²) >= 11 is 6.00. The van der Waals surface area contributed by atoms with Gasteiger partial charge in [0.2, 0.25) is 0 Å². The third-order valence-electron chi connectivity index (χ3n) is 4.46. The van der Waals surface area contributed by atoms with Gasteiger partial charge in [-0.25, -0.2) is 4.79 Å². The predicted octanol–water partition coefficient (Wildman–Crippen LogP) is 2.00. The molecule has 0 bridgehead atoms. The van der Waals surface area contributed by atoms with Crippen molar-refractivity contribution in [3.8, 4) is 0 Å². The first-order valence-electron chi connectivity index (χ1n) is 9.06. The van der Waals surface area contributed by atoms with E-state index in [0.29, 0.717) is 11.4 Å². The van der Waals surface area contributed by atoms with Crippen LogP contribution in [0.5, 0.6) is 0 Å². The van der Waals surface area contributed by atoms with Crippen LogP contribution in [0.25, 0.3) is 0 Å². The number of esters is 1. The Morgan fingerprint density at radius 2 is 2.00 bits per heavy atom. The molecule has 1 fully saturated rings. The number of hydrogen-bond acceptors (Lipinski definition) is 5. The third-order valence-corrected chi connectivity index (χ3v) is 4.83. The van der Waals surface area contributed by atoms with Crippen LogP contribution in [-0.2, 0) is 25.7 Å². The molecule has 28 heavy (non-hydrogen) atoms. The average molecular weight is 410 g/mol. The maximum Gasteiger partial charge on any atom is 0.326 e. The van der Waals surface area contributed by atoms with Gasteiger partial charge in [0.15, 0.2) is 6.61 Å². The lowest BCUT2D eigenvalue weighted by atomic mass is 9.95. The normalized spacial score (nSPS) is 18.8. The first-order valence-corrected chi connectivity index (χ1v) is 9.44. The van der Waals surface area contributed by atoms with Crippen LogP contribution in [0, 0.1) is 0 Å². The second-order valence-electron chi connectivity index (χ2n) is 6.79. The van der Waals surface area contributed by atoms with Crippen molar-refractivity contribution in [1.29, 1.82) is 0 Å². The van der Waals surface area contributed by atoms with Crippen LogP contribution in [0.4, 0.5) is 4.79 Å². The van der Waals surface area contributed by atoms with Gasteiger partial charge in [-0.1, -0.05) is 49.6 Å². The summed E-state index contributed by atoms with van der Waals surface area (Å²) in [6, 6.07) is 6.40. The van der Waals surface area contributed by atoms with Crippen LogP contribution in [0.2, 0.25) is 5.02 Å². The van der Waals surface area contributed by atoms with E-state index in [0.717, 1.165) is 23.3 Å². The zero-order valence-corrected chi connectivity index (χ0v) is 16.7. The molecule has 2 N–H and O–H groups in total. The van der Waals surface area contributed by atoms with Crippen LogP contribution in [0.15, 0.2) is 24.3 Å². The topological polar surface area (TPSA) is 105 Å². The zero-order valence-electron chi connectivity index (χ0n) is 15.9. The van der Waals surface area contributed by atoms with E-state index in [1.54, 1.807) is 31.2 Å². The van der Waals surface area contributed by atoms with Crippen LogP contribution in [0.1, 0.15) is 38.7 Å². The van der Waals surface area contributed by atoms with Gasteiger partial charge in [0.05, 0.1) is 0 Å². The summed E-state index contributed by atoms with van der Waals surface area (Å²) in [6.07, 6.45) is 2.14. The van der Waals surface area contributed by atoms with E-state index in [1.165, 1.54) is 0 Å². The number of benzene rings is 1. The molecule has 1 heterocycles. The minimum Gasteiger partial charge on any atom is -0.454 e. The molecule has 1 saturated heterocycles. The quantitative estimate of drug-likeness (QED) is 0.479. The lowest BCUT2D eigenvalue weighted by molar-refractivity contribution is -0.151. The molecule has 8 nitrogen and oxygen atoms in total. The third kappa shape index (κ3) is 5.45. The van der Waals surface area contributed by atoms with Crippen molar-refractivity contribution >= 4 is 35.4 Å². The van der Waals surface area contributed by atoms with Gasteiger partial charge in [-0.15, -0.1) is 0 Å². The van der Waals surface area contributed by atoms with Gasteiger partial charge in [-0.2, -0.15) is 0 Å². The van der Waals surface area contributed by atoms with Gasteiger partial charge in [0, 0.05) is 11.6 Å². The van der Waals surface area contributed by atoms with E-state index < -0.39 is 42.5 Å². The number of unbranched alkanes of at least 4 members (excludes halogenated alkanes) is 1. The summed E-state index contributed by atoms with van der Waals surface area (Å²) in [5, 5.41) is 5.72. The number of urea groups is 1. The summed E-state index contributed by atoms with van der Waals surface area (Å²) < 4.78 is 4.87. The molecule has 1 atom stereocenters. The Bertz CT molecular complexity index is 770. The molecule has 152 valence electrons. The fourth-order valence-electron chi connectivity index (χ4n) is 2.80. The first kappa shape index (κ1) is 21.7. The van der Waals surface area contributed by atoms with E-state index >= 15 is 0 Å². The van der Waals surface area contributed by atoms with Crippen LogP contribution >= 0.6 is 11.6 Å². The summed E-state index contributed by atoms with van der Waals surface area (Å²) in [5.41, 5.74) is -0.283. The molecular weight excluding hydrogens is 386 g/mol.